The number of rotatable bonds is 2. The van der Waals surface area contributed by atoms with Crippen molar-refractivity contribution < 1.29 is 4.92 Å². The van der Waals surface area contributed by atoms with E-state index in [2.05, 4.69) is 15.2 Å². The molecule has 3 rings (SSSR count). The summed E-state index contributed by atoms with van der Waals surface area (Å²) in [4.78, 5) is 16.8. The van der Waals surface area contributed by atoms with Gasteiger partial charge in [0.2, 0.25) is 0 Å². The highest BCUT2D eigenvalue weighted by Gasteiger charge is 2.37. The van der Waals surface area contributed by atoms with Crippen LogP contribution in [0.25, 0.3) is 0 Å². The average molecular weight is 248 g/mol. The minimum atomic E-state index is -0.396. The zero-order valence-electron chi connectivity index (χ0n) is 10.3. The van der Waals surface area contributed by atoms with Gasteiger partial charge < -0.3 is 10.2 Å². The Morgan fingerprint density at radius 2 is 2.11 bits per heavy atom. The van der Waals surface area contributed by atoms with E-state index >= 15 is 0 Å². The molecule has 18 heavy (non-hydrogen) atoms. The minimum absolute atomic E-state index is 0.0670. The van der Waals surface area contributed by atoms with Crippen molar-refractivity contribution in [2.75, 3.05) is 31.1 Å². The number of hydrogen-bond acceptors (Lipinski definition) is 5. The molecule has 0 amide bonds. The molecule has 1 N–H and O–H groups in total. The van der Waals surface area contributed by atoms with E-state index in [9.17, 15) is 10.1 Å². The molecular formula is C12H16N4O2. The molecule has 2 unspecified atom stereocenters. The van der Waals surface area contributed by atoms with Crippen LogP contribution in [0.1, 0.15) is 5.56 Å². The molecule has 96 valence electrons. The molecule has 0 aliphatic carbocycles. The molecule has 2 aliphatic rings. The first-order valence-corrected chi connectivity index (χ1v) is 6.22. The number of hydrogen-bond donors (Lipinski definition) is 1. The van der Waals surface area contributed by atoms with Crippen molar-refractivity contribution in [1.82, 2.24) is 10.3 Å². The van der Waals surface area contributed by atoms with Crippen molar-refractivity contribution >= 4 is 11.5 Å². The predicted octanol–water partition coefficient (Wildman–Crippen LogP) is 0.954. The summed E-state index contributed by atoms with van der Waals surface area (Å²) in [5.41, 5.74) is 0.953. The number of nitro groups is 1. The standard InChI is InChI=1S/C12H16N4O2/c1-8-2-11(16(17)18)5-14-12(8)15-6-9-3-13-4-10(9)7-15/h2,5,9-10,13H,3-4,6-7H2,1H3. The summed E-state index contributed by atoms with van der Waals surface area (Å²) < 4.78 is 0. The van der Waals surface area contributed by atoms with Crippen LogP contribution in [0.5, 0.6) is 0 Å². The van der Waals surface area contributed by atoms with Crippen molar-refractivity contribution in [3.05, 3.63) is 27.9 Å². The number of pyridine rings is 1. The Balaban J connectivity index is 1.83. The van der Waals surface area contributed by atoms with Gasteiger partial charge in [0.25, 0.3) is 5.69 Å². The molecule has 6 heteroatoms. The van der Waals surface area contributed by atoms with Gasteiger partial charge >= 0.3 is 0 Å². The van der Waals surface area contributed by atoms with Gasteiger partial charge in [-0.05, 0) is 24.3 Å². The number of fused-ring (bicyclic) bond motifs is 1. The molecule has 0 aromatic carbocycles. The summed E-state index contributed by atoms with van der Waals surface area (Å²) in [6.07, 6.45) is 1.36. The summed E-state index contributed by atoms with van der Waals surface area (Å²) >= 11 is 0. The van der Waals surface area contributed by atoms with Gasteiger partial charge in [-0.15, -0.1) is 0 Å². The number of nitrogens with zero attached hydrogens (tertiary/aromatic N) is 3. The molecule has 0 saturated carbocycles. The molecule has 0 spiro atoms. The third-order valence-corrected chi connectivity index (χ3v) is 3.94. The van der Waals surface area contributed by atoms with Gasteiger partial charge in [0.15, 0.2) is 0 Å². The van der Waals surface area contributed by atoms with E-state index < -0.39 is 4.92 Å². The van der Waals surface area contributed by atoms with Crippen LogP contribution in [0.4, 0.5) is 11.5 Å². The maximum absolute atomic E-state index is 10.7. The van der Waals surface area contributed by atoms with E-state index in [4.69, 9.17) is 0 Å². The lowest BCUT2D eigenvalue weighted by Gasteiger charge is -2.20. The van der Waals surface area contributed by atoms with Crippen LogP contribution in [-0.4, -0.2) is 36.1 Å². The minimum Gasteiger partial charge on any atom is -0.356 e. The highest BCUT2D eigenvalue weighted by molar-refractivity contribution is 5.51. The van der Waals surface area contributed by atoms with E-state index in [0.29, 0.717) is 11.8 Å². The smallest absolute Gasteiger partial charge is 0.287 e. The third kappa shape index (κ3) is 1.82. The van der Waals surface area contributed by atoms with Crippen LogP contribution in [0.15, 0.2) is 12.3 Å². The fourth-order valence-electron chi connectivity index (χ4n) is 3.01. The molecule has 1 aromatic heterocycles. The van der Waals surface area contributed by atoms with Crippen LogP contribution in [0.2, 0.25) is 0 Å². The summed E-state index contributed by atoms with van der Waals surface area (Å²) in [7, 11) is 0. The number of aromatic nitrogens is 1. The summed E-state index contributed by atoms with van der Waals surface area (Å²) in [6.45, 7) is 6.05. The van der Waals surface area contributed by atoms with E-state index in [-0.39, 0.29) is 5.69 Å². The zero-order chi connectivity index (χ0) is 12.7. The third-order valence-electron chi connectivity index (χ3n) is 3.94. The molecule has 2 fully saturated rings. The highest BCUT2D eigenvalue weighted by atomic mass is 16.6. The number of nitrogens with one attached hydrogen (secondary N) is 1. The molecule has 2 atom stereocenters. The second-order valence-corrected chi connectivity index (χ2v) is 5.17. The first-order chi connectivity index (χ1) is 8.65. The molecule has 2 saturated heterocycles. The summed E-state index contributed by atoms with van der Waals surface area (Å²) in [5, 5.41) is 14.1. The maximum Gasteiger partial charge on any atom is 0.287 e. The van der Waals surface area contributed by atoms with Gasteiger partial charge in [0.1, 0.15) is 12.0 Å². The lowest BCUT2D eigenvalue weighted by Crippen LogP contribution is -2.26. The van der Waals surface area contributed by atoms with E-state index in [0.717, 1.165) is 37.6 Å². The Bertz CT molecular complexity index is 479. The quantitative estimate of drug-likeness (QED) is 0.623. The van der Waals surface area contributed by atoms with Crippen molar-refractivity contribution in [2.24, 2.45) is 11.8 Å². The largest absolute Gasteiger partial charge is 0.356 e. The Morgan fingerprint density at radius 3 is 2.67 bits per heavy atom. The normalized spacial score (nSPS) is 26.4. The topological polar surface area (TPSA) is 71.3 Å². The monoisotopic (exact) mass is 248 g/mol. The fourth-order valence-corrected chi connectivity index (χ4v) is 3.01. The van der Waals surface area contributed by atoms with Crippen LogP contribution in [-0.2, 0) is 0 Å². The Labute approximate surface area is 105 Å². The molecule has 0 bridgehead atoms. The lowest BCUT2D eigenvalue weighted by molar-refractivity contribution is -0.385. The van der Waals surface area contributed by atoms with E-state index in [1.165, 1.54) is 6.20 Å². The first-order valence-electron chi connectivity index (χ1n) is 6.22. The molecule has 1 aromatic rings. The summed E-state index contributed by atoms with van der Waals surface area (Å²) in [5.74, 6) is 2.29. The predicted molar refractivity (Wildman–Crippen MR) is 67.7 cm³/mol. The van der Waals surface area contributed by atoms with Crippen LogP contribution in [0, 0.1) is 28.9 Å². The summed E-state index contributed by atoms with van der Waals surface area (Å²) in [6, 6.07) is 1.61. The SMILES string of the molecule is Cc1cc([N+](=O)[O-])cnc1N1CC2CNCC2C1. The van der Waals surface area contributed by atoms with Crippen LogP contribution >= 0.6 is 0 Å². The molecular weight excluding hydrogens is 232 g/mol. The Hall–Kier alpha value is -1.69. The Morgan fingerprint density at radius 1 is 1.44 bits per heavy atom. The fraction of sp³-hybridized carbons (Fsp3) is 0.583. The number of aryl methyl sites for hydroxylation is 1. The molecule has 2 aliphatic heterocycles. The van der Waals surface area contributed by atoms with E-state index in [1.807, 2.05) is 6.92 Å². The van der Waals surface area contributed by atoms with Crippen LogP contribution < -0.4 is 10.2 Å². The van der Waals surface area contributed by atoms with Gasteiger partial charge in [-0.2, -0.15) is 0 Å². The first kappa shape index (κ1) is 11.4. The van der Waals surface area contributed by atoms with Gasteiger partial charge in [0.05, 0.1) is 4.92 Å². The van der Waals surface area contributed by atoms with Gasteiger partial charge in [0, 0.05) is 32.2 Å². The van der Waals surface area contributed by atoms with Crippen LogP contribution in [0.3, 0.4) is 0 Å². The Kier molecular flexibility index (Phi) is 2.66. The second kappa shape index (κ2) is 4.20. The number of anilines is 1. The maximum atomic E-state index is 10.7. The van der Waals surface area contributed by atoms with Crippen molar-refractivity contribution in [2.45, 2.75) is 6.92 Å². The van der Waals surface area contributed by atoms with Crippen molar-refractivity contribution in [3.8, 4) is 0 Å². The van der Waals surface area contributed by atoms with Gasteiger partial charge in [-0.25, -0.2) is 4.98 Å². The highest BCUT2D eigenvalue weighted by Crippen LogP contribution is 2.31. The van der Waals surface area contributed by atoms with Crippen molar-refractivity contribution in [3.63, 3.8) is 0 Å². The van der Waals surface area contributed by atoms with Crippen molar-refractivity contribution in [1.29, 1.82) is 0 Å². The van der Waals surface area contributed by atoms with Gasteiger partial charge in [-0.1, -0.05) is 0 Å². The zero-order valence-corrected chi connectivity index (χ0v) is 10.3. The second-order valence-electron chi connectivity index (χ2n) is 5.17. The molecule has 0 radical (unpaired) electrons. The average Bonchev–Trinajstić information content (AvgIpc) is 2.88. The van der Waals surface area contributed by atoms with Gasteiger partial charge in [-0.3, -0.25) is 10.1 Å². The molecule has 3 heterocycles. The van der Waals surface area contributed by atoms with E-state index in [1.54, 1.807) is 6.07 Å². The molecule has 6 nitrogen and oxygen atoms in total. The lowest BCUT2D eigenvalue weighted by atomic mass is 10.0.